The first-order chi connectivity index (χ1) is 19.5. The predicted octanol–water partition coefficient (Wildman–Crippen LogP) is 6.91. The van der Waals surface area contributed by atoms with Gasteiger partial charge in [0.2, 0.25) is 0 Å². The Morgan fingerprint density at radius 1 is 1.20 bits per heavy atom. The van der Waals surface area contributed by atoms with Crippen LogP contribution in [0.3, 0.4) is 0 Å². The Kier molecular flexibility index (Phi) is 10.5. The van der Waals surface area contributed by atoms with Gasteiger partial charge in [-0.05, 0) is 79.7 Å². The molecule has 1 unspecified atom stereocenters. The van der Waals surface area contributed by atoms with E-state index in [9.17, 15) is 0 Å². The third kappa shape index (κ3) is 7.79. The monoisotopic (exact) mass is 557 g/mol. The van der Waals surface area contributed by atoms with Crippen molar-refractivity contribution < 1.29 is 0 Å². The van der Waals surface area contributed by atoms with E-state index in [2.05, 4.69) is 81.6 Å². The first kappa shape index (κ1) is 29.0. The van der Waals surface area contributed by atoms with Crippen molar-refractivity contribution in [2.45, 2.75) is 38.1 Å². The number of aromatic nitrogens is 1. The summed E-state index contributed by atoms with van der Waals surface area (Å²) in [5, 5.41) is 15.5. The van der Waals surface area contributed by atoms with Crippen molar-refractivity contribution in [2.24, 2.45) is 5.10 Å². The molecule has 1 aromatic carbocycles. The van der Waals surface area contributed by atoms with Gasteiger partial charge in [0.15, 0.2) is 0 Å². The number of hydrogen-bond acceptors (Lipinski definition) is 6. The second kappa shape index (κ2) is 14.4. The van der Waals surface area contributed by atoms with E-state index in [-0.39, 0.29) is 6.04 Å². The molecule has 0 radical (unpaired) electrons. The lowest BCUT2D eigenvalue weighted by Gasteiger charge is -2.23. The fraction of sp³-hybridized carbons (Fsp3) is 0.312. The Hall–Kier alpha value is -3.97. The molecule has 1 aromatic heterocycles. The van der Waals surface area contributed by atoms with Gasteiger partial charge >= 0.3 is 0 Å². The molecule has 0 saturated carbocycles. The van der Waals surface area contributed by atoms with E-state index >= 15 is 0 Å². The van der Waals surface area contributed by atoms with Gasteiger partial charge in [-0.1, -0.05) is 42.5 Å². The van der Waals surface area contributed by atoms with Gasteiger partial charge in [-0.2, -0.15) is 5.10 Å². The zero-order valence-electron chi connectivity index (χ0n) is 23.7. The summed E-state index contributed by atoms with van der Waals surface area (Å²) in [6.45, 7) is 5.24. The van der Waals surface area contributed by atoms with Crippen LogP contribution in [0.1, 0.15) is 43.8 Å². The minimum Gasteiger partial charge on any atom is -0.388 e. The lowest BCUT2D eigenvalue weighted by atomic mass is 10.0. The van der Waals surface area contributed by atoms with E-state index in [0.29, 0.717) is 0 Å². The molecule has 0 fully saturated rings. The molecule has 4 rings (SSSR count). The minimum atomic E-state index is -0.116. The van der Waals surface area contributed by atoms with Crippen molar-refractivity contribution in [3.63, 3.8) is 0 Å². The van der Waals surface area contributed by atoms with Crippen LogP contribution >= 0.6 is 11.6 Å². The van der Waals surface area contributed by atoms with Crippen molar-refractivity contribution in [2.75, 3.05) is 38.3 Å². The number of hydrazone groups is 1. The first-order valence-corrected chi connectivity index (χ1v) is 14.2. The molecule has 2 heterocycles. The van der Waals surface area contributed by atoms with Crippen molar-refractivity contribution in [1.29, 1.82) is 0 Å². The molecule has 2 aliphatic rings. The summed E-state index contributed by atoms with van der Waals surface area (Å²) < 4.78 is 0. The van der Waals surface area contributed by atoms with Crippen LogP contribution in [-0.2, 0) is 0 Å². The predicted molar refractivity (Wildman–Crippen MR) is 170 cm³/mol. The molecule has 4 N–H and O–H groups in total. The van der Waals surface area contributed by atoms with E-state index in [1.165, 1.54) is 0 Å². The normalized spacial score (nSPS) is 18.5. The molecule has 0 saturated heterocycles. The van der Waals surface area contributed by atoms with Crippen LogP contribution in [-0.4, -0.2) is 43.9 Å². The number of allylic oxidation sites excluding steroid dienone is 7. The van der Waals surface area contributed by atoms with Crippen LogP contribution in [0.25, 0.3) is 11.1 Å². The van der Waals surface area contributed by atoms with Gasteiger partial charge in [-0.3, -0.25) is 4.98 Å². The maximum atomic E-state index is 6.41. The quantitative estimate of drug-likeness (QED) is 0.0929. The summed E-state index contributed by atoms with van der Waals surface area (Å²) in [6.07, 6.45) is 19.0. The van der Waals surface area contributed by atoms with Crippen LogP contribution in [0.5, 0.6) is 0 Å². The number of nitrogens with one attached hydrogen (secondary N) is 4. The van der Waals surface area contributed by atoms with Gasteiger partial charge in [0.05, 0.1) is 11.7 Å². The molecule has 0 amide bonds. The Bertz CT molecular complexity index is 1340. The van der Waals surface area contributed by atoms with Gasteiger partial charge in [0.1, 0.15) is 6.34 Å². The maximum Gasteiger partial charge on any atom is 0.115 e. The SMILES string of the molecule is C=C(/C=C/C1=C(N(C)/C=N\NC)CCC(Cl)=C1)NC1/C=C\CCCCNc2cc(NC)ccc2-c2ccnc1c2. The topological polar surface area (TPSA) is 76.6 Å². The molecule has 2 bridgehead atoms. The lowest BCUT2D eigenvalue weighted by molar-refractivity contribution is 0.587. The smallest absolute Gasteiger partial charge is 0.115 e. The summed E-state index contributed by atoms with van der Waals surface area (Å²) in [5.41, 5.74) is 11.2. The number of nitrogens with zero attached hydrogens (tertiary/aromatic N) is 3. The van der Waals surface area contributed by atoms with E-state index in [0.717, 1.165) is 88.8 Å². The number of rotatable bonds is 8. The maximum absolute atomic E-state index is 6.41. The van der Waals surface area contributed by atoms with E-state index in [1.54, 1.807) is 13.4 Å². The van der Waals surface area contributed by atoms with Gasteiger partial charge in [-0.25, -0.2) is 0 Å². The van der Waals surface area contributed by atoms with Gasteiger partial charge in [-0.15, -0.1) is 0 Å². The highest BCUT2D eigenvalue weighted by atomic mass is 35.5. The van der Waals surface area contributed by atoms with Crippen LogP contribution in [0.4, 0.5) is 11.4 Å². The van der Waals surface area contributed by atoms with Crippen LogP contribution in [0.15, 0.2) is 101 Å². The highest BCUT2D eigenvalue weighted by Crippen LogP contribution is 2.33. The highest BCUT2D eigenvalue weighted by Gasteiger charge is 2.16. The van der Waals surface area contributed by atoms with Crippen molar-refractivity contribution in [3.8, 4) is 11.1 Å². The summed E-state index contributed by atoms with van der Waals surface area (Å²) in [7, 11) is 5.72. The fourth-order valence-corrected chi connectivity index (χ4v) is 5.04. The van der Waals surface area contributed by atoms with Crippen molar-refractivity contribution in [3.05, 3.63) is 101 Å². The second-order valence-electron chi connectivity index (χ2n) is 9.88. The molecule has 1 aliphatic carbocycles. The van der Waals surface area contributed by atoms with Crippen LogP contribution < -0.4 is 21.4 Å². The minimum absolute atomic E-state index is 0.116. The summed E-state index contributed by atoms with van der Waals surface area (Å²) in [4.78, 5) is 6.77. The van der Waals surface area contributed by atoms with Crippen molar-refractivity contribution in [1.82, 2.24) is 20.6 Å². The molecule has 2 aromatic rings. The molecular formula is C32H40ClN7. The molecular weight excluding hydrogens is 518 g/mol. The number of hydrogen-bond donors (Lipinski definition) is 4. The van der Waals surface area contributed by atoms with Crippen LogP contribution in [0.2, 0.25) is 0 Å². The molecule has 40 heavy (non-hydrogen) atoms. The van der Waals surface area contributed by atoms with Crippen LogP contribution in [0, 0.1) is 0 Å². The molecule has 1 atom stereocenters. The summed E-state index contributed by atoms with van der Waals surface area (Å²) in [5.74, 6) is 0. The standard InChI is InChI=1S/C32H40ClN7/c1-23(10-11-25-19-26(33)12-15-32(25)40(4)22-38-35-3)39-29-9-7-5-6-8-17-36-30-21-27(34-2)13-14-28(30)24-16-18-37-31(29)20-24/h7,9-11,13-14,16,18-22,29,34-36,39H,1,5-6,8,12,15,17H2,2-4H3/b9-7-,11-10+,38-22-. The Morgan fingerprint density at radius 3 is 2.90 bits per heavy atom. The third-order valence-corrected chi connectivity index (χ3v) is 7.30. The number of fused-ring (bicyclic) bond motifs is 4. The van der Waals surface area contributed by atoms with E-state index in [4.69, 9.17) is 16.6 Å². The molecule has 8 heteroatoms. The second-order valence-corrected chi connectivity index (χ2v) is 10.4. The van der Waals surface area contributed by atoms with Gasteiger partial charge in [0, 0.05) is 67.2 Å². The summed E-state index contributed by atoms with van der Waals surface area (Å²) >= 11 is 6.41. The Balaban J connectivity index is 1.60. The molecule has 7 nitrogen and oxygen atoms in total. The zero-order chi connectivity index (χ0) is 28.3. The highest BCUT2D eigenvalue weighted by molar-refractivity contribution is 6.29. The molecule has 1 aliphatic heterocycles. The van der Waals surface area contributed by atoms with Gasteiger partial charge in [0.25, 0.3) is 0 Å². The zero-order valence-corrected chi connectivity index (χ0v) is 24.4. The lowest BCUT2D eigenvalue weighted by Crippen LogP contribution is -2.20. The number of halogens is 1. The average molecular weight is 558 g/mol. The number of pyridine rings is 1. The van der Waals surface area contributed by atoms with E-state index in [1.807, 2.05) is 37.3 Å². The fourth-order valence-electron chi connectivity index (χ4n) is 4.83. The van der Waals surface area contributed by atoms with Crippen molar-refractivity contribution >= 4 is 29.3 Å². The first-order valence-electron chi connectivity index (χ1n) is 13.8. The van der Waals surface area contributed by atoms with Gasteiger partial charge < -0.3 is 26.3 Å². The van der Waals surface area contributed by atoms with E-state index < -0.39 is 0 Å². The average Bonchev–Trinajstić information content (AvgIpc) is 2.98. The molecule has 0 spiro atoms. The molecule has 210 valence electrons. The Morgan fingerprint density at radius 2 is 2.08 bits per heavy atom. The summed E-state index contributed by atoms with van der Waals surface area (Å²) in [6, 6.07) is 10.6. The largest absolute Gasteiger partial charge is 0.388 e. The Labute approximate surface area is 243 Å². The number of anilines is 2. The third-order valence-electron chi connectivity index (χ3n) is 7.00. The number of benzene rings is 1.